The number of nitrogens with zero attached hydrogens (tertiary/aromatic N) is 1. The molecule has 0 aliphatic heterocycles. The van der Waals surface area contributed by atoms with Gasteiger partial charge < -0.3 is 4.74 Å². The minimum Gasteiger partial charge on any atom is -0.460 e. The largest absolute Gasteiger partial charge is 0.460 e. The molecule has 1 aromatic heterocycles. The Bertz CT molecular complexity index is 572. The van der Waals surface area contributed by atoms with E-state index in [1.54, 1.807) is 37.5 Å². The molecule has 4 nitrogen and oxygen atoms in total. The van der Waals surface area contributed by atoms with Gasteiger partial charge in [-0.2, -0.15) is 0 Å². The Labute approximate surface area is 98.2 Å². The normalized spacial score (nSPS) is 10.2. The summed E-state index contributed by atoms with van der Waals surface area (Å²) < 4.78 is 4.70. The highest BCUT2D eigenvalue weighted by Gasteiger charge is 2.19. The Morgan fingerprint density at radius 3 is 2.88 bits per heavy atom. The van der Waals surface area contributed by atoms with Crippen molar-refractivity contribution in [3.63, 3.8) is 0 Å². The number of ketones is 1. The van der Waals surface area contributed by atoms with Gasteiger partial charge >= 0.3 is 5.97 Å². The van der Waals surface area contributed by atoms with Gasteiger partial charge in [0.25, 0.3) is 5.78 Å². The molecule has 1 aromatic carbocycles. The average Bonchev–Trinajstić information content (AvgIpc) is 2.37. The van der Waals surface area contributed by atoms with Crippen LogP contribution in [0.25, 0.3) is 10.8 Å². The monoisotopic (exact) mass is 229 g/mol. The molecule has 0 N–H and O–H groups in total. The molecule has 0 aliphatic carbocycles. The summed E-state index contributed by atoms with van der Waals surface area (Å²) in [6, 6.07) is 6.88. The summed E-state index contributed by atoms with van der Waals surface area (Å²) >= 11 is 0. The zero-order valence-corrected chi connectivity index (χ0v) is 9.34. The Hall–Kier alpha value is -2.23. The fraction of sp³-hybridized carbons (Fsp3) is 0.154. The van der Waals surface area contributed by atoms with Gasteiger partial charge in [-0.3, -0.25) is 9.78 Å². The molecule has 0 bridgehead atoms. The number of fused-ring (bicyclic) bond motifs is 1. The molecule has 17 heavy (non-hydrogen) atoms. The summed E-state index contributed by atoms with van der Waals surface area (Å²) in [5, 5.41) is 1.53. The van der Waals surface area contributed by atoms with Crippen LogP contribution in [0.3, 0.4) is 0 Å². The van der Waals surface area contributed by atoms with Crippen LogP contribution in [0.5, 0.6) is 0 Å². The molecule has 0 amide bonds. The standard InChI is InChI=1S/C13H11NO3/c1-2-17-13(16)12(15)11-5-3-4-9-8-14-7-6-10(9)11/h3-8H,2H2,1H3. The van der Waals surface area contributed by atoms with Gasteiger partial charge in [-0.05, 0) is 18.4 Å². The van der Waals surface area contributed by atoms with Crippen LogP contribution in [0.15, 0.2) is 36.7 Å². The average molecular weight is 229 g/mol. The summed E-state index contributed by atoms with van der Waals surface area (Å²) in [4.78, 5) is 27.2. The lowest BCUT2D eigenvalue weighted by atomic mass is 10.0. The number of hydrogen-bond acceptors (Lipinski definition) is 4. The minimum atomic E-state index is -0.822. The first-order valence-corrected chi connectivity index (χ1v) is 5.28. The number of esters is 1. The second-order valence-corrected chi connectivity index (χ2v) is 3.45. The van der Waals surface area contributed by atoms with E-state index >= 15 is 0 Å². The fourth-order valence-electron chi connectivity index (χ4n) is 1.63. The van der Waals surface area contributed by atoms with Crippen LogP contribution in [0.4, 0.5) is 0 Å². The number of ether oxygens (including phenoxy) is 1. The summed E-state index contributed by atoms with van der Waals surface area (Å²) in [5.74, 6) is -1.44. The van der Waals surface area contributed by atoms with Gasteiger partial charge in [0.15, 0.2) is 0 Å². The lowest BCUT2D eigenvalue weighted by molar-refractivity contribution is -0.137. The summed E-state index contributed by atoms with van der Waals surface area (Å²) in [7, 11) is 0. The number of pyridine rings is 1. The first kappa shape index (κ1) is 11.3. The van der Waals surface area contributed by atoms with Crippen LogP contribution in [0.2, 0.25) is 0 Å². The topological polar surface area (TPSA) is 56.3 Å². The zero-order valence-electron chi connectivity index (χ0n) is 9.34. The highest BCUT2D eigenvalue weighted by molar-refractivity contribution is 6.42. The maximum atomic E-state index is 11.9. The van der Waals surface area contributed by atoms with E-state index in [4.69, 9.17) is 4.74 Å². The third-order valence-corrected chi connectivity index (χ3v) is 2.39. The molecule has 0 saturated heterocycles. The molecule has 0 aliphatic rings. The number of Topliss-reactive ketones (excluding diaryl/α,β-unsaturated/α-hetero) is 1. The SMILES string of the molecule is CCOC(=O)C(=O)c1cccc2cnccc12. The Balaban J connectivity index is 2.48. The van der Waals surface area contributed by atoms with Crippen LogP contribution < -0.4 is 0 Å². The van der Waals surface area contributed by atoms with Gasteiger partial charge in [0, 0.05) is 23.3 Å². The summed E-state index contributed by atoms with van der Waals surface area (Å²) in [6.07, 6.45) is 3.24. The van der Waals surface area contributed by atoms with Crippen LogP contribution >= 0.6 is 0 Å². The lowest BCUT2D eigenvalue weighted by Gasteiger charge is -2.04. The number of carbonyl (C=O) groups is 2. The van der Waals surface area contributed by atoms with Crippen molar-refractivity contribution in [1.29, 1.82) is 0 Å². The van der Waals surface area contributed by atoms with Crippen molar-refractivity contribution in [1.82, 2.24) is 4.98 Å². The Morgan fingerprint density at radius 2 is 2.12 bits per heavy atom. The van der Waals surface area contributed by atoms with E-state index in [9.17, 15) is 9.59 Å². The molecule has 0 fully saturated rings. The van der Waals surface area contributed by atoms with Gasteiger partial charge in [0.1, 0.15) is 0 Å². The summed E-state index contributed by atoms with van der Waals surface area (Å²) in [6.45, 7) is 1.86. The number of rotatable bonds is 3. The highest BCUT2D eigenvalue weighted by atomic mass is 16.5. The lowest BCUT2D eigenvalue weighted by Crippen LogP contribution is -2.17. The number of benzene rings is 1. The maximum absolute atomic E-state index is 11.9. The van der Waals surface area contributed by atoms with Crippen LogP contribution in [0.1, 0.15) is 17.3 Å². The molecule has 0 spiro atoms. The van der Waals surface area contributed by atoms with E-state index in [1.165, 1.54) is 0 Å². The molecule has 86 valence electrons. The molecule has 0 atom stereocenters. The van der Waals surface area contributed by atoms with Gasteiger partial charge in [-0.15, -0.1) is 0 Å². The van der Waals surface area contributed by atoms with Crippen LogP contribution in [-0.4, -0.2) is 23.3 Å². The third-order valence-electron chi connectivity index (χ3n) is 2.39. The molecule has 0 unspecified atom stereocenters. The van der Waals surface area contributed by atoms with Crippen molar-refractivity contribution >= 4 is 22.5 Å². The van der Waals surface area contributed by atoms with E-state index < -0.39 is 11.8 Å². The van der Waals surface area contributed by atoms with Crippen molar-refractivity contribution in [2.75, 3.05) is 6.61 Å². The molecule has 0 saturated carbocycles. The van der Waals surface area contributed by atoms with Crippen molar-refractivity contribution in [2.24, 2.45) is 0 Å². The Kier molecular flexibility index (Phi) is 3.14. The quantitative estimate of drug-likeness (QED) is 0.458. The van der Waals surface area contributed by atoms with Crippen molar-refractivity contribution in [3.05, 3.63) is 42.2 Å². The van der Waals surface area contributed by atoms with E-state index in [1.807, 2.05) is 6.07 Å². The van der Waals surface area contributed by atoms with Gasteiger partial charge in [-0.1, -0.05) is 18.2 Å². The second-order valence-electron chi connectivity index (χ2n) is 3.45. The first-order chi connectivity index (χ1) is 8.24. The van der Waals surface area contributed by atoms with E-state index in [0.717, 1.165) is 5.39 Å². The molecular weight excluding hydrogens is 218 g/mol. The summed E-state index contributed by atoms with van der Waals surface area (Å²) in [5.41, 5.74) is 0.350. The van der Waals surface area contributed by atoms with Gasteiger partial charge in [0.05, 0.1) is 6.61 Å². The minimum absolute atomic E-state index is 0.191. The van der Waals surface area contributed by atoms with E-state index in [0.29, 0.717) is 10.9 Å². The van der Waals surface area contributed by atoms with E-state index in [2.05, 4.69) is 4.98 Å². The number of hydrogen-bond donors (Lipinski definition) is 0. The fourth-order valence-corrected chi connectivity index (χ4v) is 1.63. The zero-order chi connectivity index (χ0) is 12.3. The molecule has 2 rings (SSSR count). The maximum Gasteiger partial charge on any atom is 0.379 e. The number of carbonyl (C=O) groups excluding carboxylic acids is 2. The van der Waals surface area contributed by atoms with E-state index in [-0.39, 0.29) is 6.61 Å². The molecule has 1 heterocycles. The van der Waals surface area contributed by atoms with Crippen molar-refractivity contribution < 1.29 is 14.3 Å². The Morgan fingerprint density at radius 1 is 1.29 bits per heavy atom. The number of aromatic nitrogens is 1. The van der Waals surface area contributed by atoms with Crippen molar-refractivity contribution in [2.45, 2.75) is 6.92 Å². The highest BCUT2D eigenvalue weighted by Crippen LogP contribution is 2.18. The third kappa shape index (κ3) is 2.15. The van der Waals surface area contributed by atoms with Gasteiger partial charge in [0.2, 0.25) is 0 Å². The predicted molar refractivity (Wildman–Crippen MR) is 62.7 cm³/mol. The van der Waals surface area contributed by atoms with Crippen LogP contribution in [0, 0.1) is 0 Å². The smallest absolute Gasteiger partial charge is 0.379 e. The second kappa shape index (κ2) is 4.74. The van der Waals surface area contributed by atoms with Gasteiger partial charge in [-0.25, -0.2) is 4.79 Å². The molecule has 2 aromatic rings. The molecule has 0 radical (unpaired) electrons. The predicted octanol–water partition coefficient (Wildman–Crippen LogP) is 1.98. The van der Waals surface area contributed by atoms with Crippen molar-refractivity contribution in [3.8, 4) is 0 Å². The molecule has 4 heteroatoms. The van der Waals surface area contributed by atoms with Crippen LogP contribution in [-0.2, 0) is 9.53 Å². The first-order valence-electron chi connectivity index (χ1n) is 5.28. The molecular formula is C13H11NO3.